The molecule has 0 spiro atoms. The molecule has 96 valence electrons. The first kappa shape index (κ1) is 14.3. The molecular formula is C13H27ClN2. The summed E-state index contributed by atoms with van der Waals surface area (Å²) in [6.07, 6.45) is 10.3. The minimum absolute atomic E-state index is 0. The highest BCUT2D eigenvalue weighted by molar-refractivity contribution is 5.85. The van der Waals surface area contributed by atoms with Crippen LogP contribution in [-0.2, 0) is 0 Å². The van der Waals surface area contributed by atoms with Gasteiger partial charge in [-0.15, -0.1) is 12.4 Å². The van der Waals surface area contributed by atoms with Gasteiger partial charge in [-0.25, -0.2) is 0 Å². The Kier molecular flexibility index (Phi) is 6.71. The van der Waals surface area contributed by atoms with Crippen LogP contribution in [0.2, 0.25) is 0 Å². The largest absolute Gasteiger partial charge is 0.316 e. The molecule has 0 radical (unpaired) electrons. The maximum Gasteiger partial charge on any atom is 0.0204 e. The fourth-order valence-electron chi connectivity index (χ4n) is 3.11. The van der Waals surface area contributed by atoms with E-state index >= 15 is 0 Å². The molecule has 1 aliphatic carbocycles. The van der Waals surface area contributed by atoms with E-state index in [0.29, 0.717) is 0 Å². The van der Waals surface area contributed by atoms with E-state index in [0.717, 1.165) is 12.0 Å². The highest BCUT2D eigenvalue weighted by Gasteiger charge is 2.21. The molecule has 1 saturated heterocycles. The number of halogens is 1. The van der Waals surface area contributed by atoms with Gasteiger partial charge in [-0.3, -0.25) is 0 Å². The number of hydrogen-bond donors (Lipinski definition) is 1. The van der Waals surface area contributed by atoms with E-state index in [2.05, 4.69) is 17.3 Å². The van der Waals surface area contributed by atoms with E-state index < -0.39 is 0 Å². The van der Waals surface area contributed by atoms with Crippen molar-refractivity contribution in [3.8, 4) is 0 Å². The molecule has 1 N–H and O–H groups in total. The van der Waals surface area contributed by atoms with Crippen molar-refractivity contribution in [2.24, 2.45) is 5.92 Å². The lowest BCUT2D eigenvalue weighted by Crippen LogP contribution is -2.30. The third-order valence-corrected chi connectivity index (χ3v) is 4.26. The molecule has 1 saturated carbocycles. The van der Waals surface area contributed by atoms with Crippen molar-refractivity contribution in [2.45, 2.75) is 51.0 Å². The fraction of sp³-hybridized carbons (Fsp3) is 1.00. The average molecular weight is 247 g/mol. The highest BCUT2D eigenvalue weighted by Crippen LogP contribution is 2.26. The van der Waals surface area contributed by atoms with Crippen molar-refractivity contribution < 1.29 is 0 Å². The summed E-state index contributed by atoms with van der Waals surface area (Å²) in [5, 5.41) is 3.39. The first-order chi connectivity index (χ1) is 7.38. The predicted molar refractivity (Wildman–Crippen MR) is 72.3 cm³/mol. The molecule has 0 aromatic carbocycles. The maximum absolute atomic E-state index is 3.39. The van der Waals surface area contributed by atoms with E-state index in [-0.39, 0.29) is 12.4 Å². The summed E-state index contributed by atoms with van der Waals surface area (Å²) in [4.78, 5) is 2.65. The third-order valence-electron chi connectivity index (χ3n) is 4.26. The molecule has 0 aromatic heterocycles. The van der Waals surface area contributed by atoms with E-state index in [1.807, 2.05) is 0 Å². The molecule has 0 aromatic rings. The lowest BCUT2D eigenvalue weighted by molar-refractivity contribution is 0.262. The Morgan fingerprint density at radius 3 is 2.50 bits per heavy atom. The van der Waals surface area contributed by atoms with Crippen LogP contribution < -0.4 is 5.32 Å². The molecule has 3 heteroatoms. The topological polar surface area (TPSA) is 15.3 Å². The number of likely N-dealkylation sites (N-methyl/N-ethyl adjacent to an activating group) is 1. The Morgan fingerprint density at radius 1 is 1.12 bits per heavy atom. The Hall–Kier alpha value is 0.210. The van der Waals surface area contributed by atoms with Gasteiger partial charge in [0.25, 0.3) is 0 Å². The van der Waals surface area contributed by atoms with Crippen LogP contribution in [0.15, 0.2) is 0 Å². The second-order valence-corrected chi connectivity index (χ2v) is 5.37. The third kappa shape index (κ3) is 4.23. The summed E-state index contributed by atoms with van der Waals surface area (Å²) in [5.41, 5.74) is 0. The number of rotatable bonds is 4. The van der Waals surface area contributed by atoms with Crippen molar-refractivity contribution in [3.63, 3.8) is 0 Å². The molecule has 2 rings (SSSR count). The first-order valence-electron chi connectivity index (χ1n) is 6.78. The van der Waals surface area contributed by atoms with E-state index in [4.69, 9.17) is 0 Å². The maximum atomic E-state index is 3.39. The highest BCUT2D eigenvalue weighted by atomic mass is 35.5. The van der Waals surface area contributed by atoms with Crippen LogP contribution in [0.4, 0.5) is 0 Å². The summed E-state index contributed by atoms with van der Waals surface area (Å²) in [6.45, 7) is 3.95. The standard InChI is InChI=1S/C13H26N2.ClH/c1-14-13-8-10-15(11-13)9-7-12-5-3-2-4-6-12;/h12-14H,2-11H2,1H3;1H. The number of nitrogens with one attached hydrogen (secondary N) is 1. The number of hydrogen-bond acceptors (Lipinski definition) is 2. The minimum Gasteiger partial charge on any atom is -0.316 e. The van der Waals surface area contributed by atoms with E-state index in [1.165, 1.54) is 64.6 Å². The van der Waals surface area contributed by atoms with Gasteiger partial charge in [0.2, 0.25) is 0 Å². The Balaban J connectivity index is 0.00000128. The molecule has 2 aliphatic rings. The molecule has 2 nitrogen and oxygen atoms in total. The van der Waals surface area contributed by atoms with Gasteiger partial charge in [-0.2, -0.15) is 0 Å². The summed E-state index contributed by atoms with van der Waals surface area (Å²) >= 11 is 0. The summed E-state index contributed by atoms with van der Waals surface area (Å²) in [5.74, 6) is 1.05. The average Bonchev–Trinajstić information content (AvgIpc) is 2.76. The molecule has 0 amide bonds. The fourth-order valence-corrected chi connectivity index (χ4v) is 3.11. The molecule has 1 unspecified atom stereocenters. The smallest absolute Gasteiger partial charge is 0.0204 e. The number of nitrogens with zero attached hydrogens (tertiary/aromatic N) is 1. The van der Waals surface area contributed by atoms with Crippen LogP contribution in [0.25, 0.3) is 0 Å². The zero-order chi connectivity index (χ0) is 10.5. The van der Waals surface area contributed by atoms with Crippen molar-refractivity contribution in [2.75, 3.05) is 26.7 Å². The molecule has 1 atom stereocenters. The van der Waals surface area contributed by atoms with Crippen LogP contribution in [0.1, 0.15) is 44.9 Å². The first-order valence-corrected chi connectivity index (χ1v) is 6.78. The molecule has 1 aliphatic heterocycles. The van der Waals surface area contributed by atoms with E-state index in [9.17, 15) is 0 Å². The molecule has 0 bridgehead atoms. The van der Waals surface area contributed by atoms with Crippen molar-refractivity contribution in [1.82, 2.24) is 10.2 Å². The van der Waals surface area contributed by atoms with Gasteiger partial charge in [0.15, 0.2) is 0 Å². The van der Waals surface area contributed by atoms with Crippen molar-refractivity contribution >= 4 is 12.4 Å². The van der Waals surface area contributed by atoms with Gasteiger partial charge in [0.05, 0.1) is 0 Å². The quantitative estimate of drug-likeness (QED) is 0.821. The SMILES string of the molecule is CNC1CCN(CCC2CCCCC2)C1.Cl. The Bertz CT molecular complexity index is 181. The number of likely N-dealkylation sites (tertiary alicyclic amines) is 1. The Morgan fingerprint density at radius 2 is 1.88 bits per heavy atom. The van der Waals surface area contributed by atoms with Crippen LogP contribution in [0.5, 0.6) is 0 Å². The van der Waals surface area contributed by atoms with Gasteiger partial charge in [-0.1, -0.05) is 32.1 Å². The zero-order valence-electron chi connectivity index (χ0n) is 10.6. The normalized spacial score (nSPS) is 27.9. The lowest BCUT2D eigenvalue weighted by atomic mass is 9.87. The summed E-state index contributed by atoms with van der Waals surface area (Å²) < 4.78 is 0. The van der Waals surface area contributed by atoms with Gasteiger partial charge < -0.3 is 10.2 Å². The monoisotopic (exact) mass is 246 g/mol. The van der Waals surface area contributed by atoms with Crippen LogP contribution in [-0.4, -0.2) is 37.6 Å². The van der Waals surface area contributed by atoms with Crippen LogP contribution >= 0.6 is 12.4 Å². The summed E-state index contributed by atoms with van der Waals surface area (Å²) in [7, 11) is 2.09. The predicted octanol–water partition coefficient (Wildman–Crippen LogP) is 2.67. The second-order valence-electron chi connectivity index (χ2n) is 5.37. The molecule has 2 fully saturated rings. The van der Waals surface area contributed by atoms with Crippen molar-refractivity contribution in [1.29, 1.82) is 0 Å². The molecule has 16 heavy (non-hydrogen) atoms. The van der Waals surface area contributed by atoms with E-state index in [1.54, 1.807) is 0 Å². The van der Waals surface area contributed by atoms with Crippen molar-refractivity contribution in [3.05, 3.63) is 0 Å². The van der Waals surface area contributed by atoms with Crippen LogP contribution in [0, 0.1) is 5.92 Å². The van der Waals surface area contributed by atoms with Gasteiger partial charge in [0, 0.05) is 12.6 Å². The summed E-state index contributed by atoms with van der Waals surface area (Å²) in [6, 6.07) is 0.761. The second kappa shape index (κ2) is 7.52. The van der Waals surface area contributed by atoms with Gasteiger partial charge in [0.1, 0.15) is 0 Å². The molecular weight excluding hydrogens is 220 g/mol. The van der Waals surface area contributed by atoms with Gasteiger partial charge >= 0.3 is 0 Å². The molecule has 1 heterocycles. The van der Waals surface area contributed by atoms with Crippen LogP contribution in [0.3, 0.4) is 0 Å². The zero-order valence-corrected chi connectivity index (χ0v) is 11.4. The van der Waals surface area contributed by atoms with Gasteiger partial charge in [-0.05, 0) is 38.9 Å². The Labute approximate surface area is 107 Å². The lowest BCUT2D eigenvalue weighted by Gasteiger charge is -2.24. The minimum atomic E-state index is 0.